The summed E-state index contributed by atoms with van der Waals surface area (Å²) in [4.78, 5) is 23.6. The Labute approximate surface area is 116 Å². The molecule has 4 nitrogen and oxygen atoms in total. The highest BCUT2D eigenvalue weighted by atomic mass is 35.5. The second-order valence-corrected chi connectivity index (χ2v) is 4.90. The fourth-order valence-corrected chi connectivity index (χ4v) is 2.00. The molecule has 2 rings (SSSR count). The van der Waals surface area contributed by atoms with Crippen LogP contribution in [0.15, 0.2) is 12.1 Å². The molecule has 1 fully saturated rings. The van der Waals surface area contributed by atoms with Gasteiger partial charge in [-0.3, -0.25) is 4.79 Å². The van der Waals surface area contributed by atoms with Crippen LogP contribution in [-0.2, 0) is 9.53 Å². The van der Waals surface area contributed by atoms with Crippen LogP contribution < -0.4 is 4.74 Å². The lowest BCUT2D eigenvalue weighted by Crippen LogP contribution is -2.19. The first-order valence-electron chi connectivity index (χ1n) is 6.21. The minimum absolute atomic E-state index is 0.0916. The molecule has 0 radical (unpaired) electrons. The highest BCUT2D eigenvalue weighted by Crippen LogP contribution is 2.36. The van der Waals surface area contributed by atoms with E-state index in [-0.39, 0.29) is 24.0 Å². The monoisotopic (exact) mass is 282 g/mol. The van der Waals surface area contributed by atoms with E-state index >= 15 is 0 Å². The van der Waals surface area contributed by atoms with Gasteiger partial charge >= 0.3 is 5.97 Å². The fraction of sp³-hybridized carbons (Fsp3) is 0.429. The van der Waals surface area contributed by atoms with E-state index in [1.807, 2.05) is 0 Å². The molecule has 1 saturated carbocycles. The van der Waals surface area contributed by atoms with Gasteiger partial charge in [0.25, 0.3) is 5.78 Å². The zero-order valence-electron chi connectivity index (χ0n) is 10.9. The van der Waals surface area contributed by atoms with E-state index in [9.17, 15) is 9.59 Å². The first kappa shape index (κ1) is 13.9. The maximum absolute atomic E-state index is 12.0. The van der Waals surface area contributed by atoms with Crippen LogP contribution >= 0.6 is 11.6 Å². The normalized spacial score (nSPS) is 14.1. The lowest BCUT2D eigenvalue weighted by molar-refractivity contribution is -0.137. The number of ether oxygens (including phenoxy) is 2. The van der Waals surface area contributed by atoms with Crippen molar-refractivity contribution < 1.29 is 19.1 Å². The molecule has 0 amide bonds. The number of benzene rings is 1. The molecule has 0 bridgehead atoms. The zero-order valence-corrected chi connectivity index (χ0v) is 11.6. The van der Waals surface area contributed by atoms with E-state index in [0.29, 0.717) is 5.02 Å². The average molecular weight is 283 g/mol. The van der Waals surface area contributed by atoms with Crippen LogP contribution in [0.5, 0.6) is 5.75 Å². The van der Waals surface area contributed by atoms with Crippen LogP contribution in [0.2, 0.25) is 5.02 Å². The molecule has 0 spiro atoms. The van der Waals surface area contributed by atoms with E-state index in [2.05, 4.69) is 0 Å². The Morgan fingerprint density at radius 2 is 2.05 bits per heavy atom. The van der Waals surface area contributed by atoms with Crippen LogP contribution in [0, 0.1) is 6.92 Å². The summed E-state index contributed by atoms with van der Waals surface area (Å²) in [5, 5.41) is 0.347. The van der Waals surface area contributed by atoms with Crippen LogP contribution in [0.1, 0.15) is 35.7 Å². The Kier molecular flexibility index (Phi) is 4.10. The van der Waals surface area contributed by atoms with Crippen LogP contribution in [0.3, 0.4) is 0 Å². The second kappa shape index (κ2) is 5.61. The standard InChI is InChI=1S/C14H15ClO4/c1-3-18-14(17)12(16)10-6-8(2)7-11(15)13(10)19-9-4-5-9/h6-7,9H,3-5H2,1-2H3. The van der Waals surface area contributed by atoms with Gasteiger partial charge in [0, 0.05) is 0 Å². The molecule has 0 saturated heterocycles. The minimum Gasteiger partial charge on any atom is -0.488 e. The molecule has 1 aromatic rings. The molecule has 1 aromatic carbocycles. The molecule has 1 aliphatic rings. The summed E-state index contributed by atoms with van der Waals surface area (Å²) >= 11 is 6.10. The summed E-state index contributed by atoms with van der Waals surface area (Å²) < 4.78 is 10.4. The first-order valence-corrected chi connectivity index (χ1v) is 6.59. The smallest absolute Gasteiger partial charge is 0.379 e. The van der Waals surface area contributed by atoms with E-state index < -0.39 is 11.8 Å². The van der Waals surface area contributed by atoms with Gasteiger partial charge in [0.2, 0.25) is 0 Å². The maximum atomic E-state index is 12.0. The van der Waals surface area contributed by atoms with E-state index in [1.165, 1.54) is 0 Å². The van der Waals surface area contributed by atoms with Gasteiger partial charge in [0.05, 0.1) is 23.3 Å². The molecule has 0 atom stereocenters. The number of aryl methyl sites for hydroxylation is 1. The quantitative estimate of drug-likeness (QED) is 0.473. The van der Waals surface area contributed by atoms with Gasteiger partial charge in [-0.1, -0.05) is 11.6 Å². The fourth-order valence-electron chi connectivity index (χ4n) is 1.68. The van der Waals surface area contributed by atoms with Gasteiger partial charge in [-0.25, -0.2) is 4.79 Å². The highest BCUT2D eigenvalue weighted by molar-refractivity contribution is 6.42. The Bertz CT molecular complexity index is 520. The second-order valence-electron chi connectivity index (χ2n) is 4.49. The molecule has 1 aliphatic carbocycles. The number of halogens is 1. The molecule has 19 heavy (non-hydrogen) atoms. The summed E-state index contributed by atoms with van der Waals surface area (Å²) in [5.41, 5.74) is 0.969. The zero-order chi connectivity index (χ0) is 14.0. The van der Waals surface area contributed by atoms with E-state index in [1.54, 1.807) is 26.0 Å². The number of carbonyl (C=O) groups excluding carboxylic acids is 2. The van der Waals surface area contributed by atoms with Crippen molar-refractivity contribution >= 4 is 23.4 Å². The van der Waals surface area contributed by atoms with Crippen LogP contribution in [-0.4, -0.2) is 24.5 Å². The molecule has 0 aliphatic heterocycles. The van der Waals surface area contributed by atoms with Crippen molar-refractivity contribution in [3.8, 4) is 5.75 Å². The molecule has 0 unspecified atom stereocenters. The van der Waals surface area contributed by atoms with Crippen LogP contribution in [0.25, 0.3) is 0 Å². The number of ketones is 1. The number of rotatable bonds is 5. The molecule has 0 aromatic heterocycles. The van der Waals surface area contributed by atoms with Gasteiger partial charge in [-0.15, -0.1) is 0 Å². The topological polar surface area (TPSA) is 52.6 Å². The third-order valence-corrected chi connectivity index (χ3v) is 2.98. The third kappa shape index (κ3) is 3.26. The van der Waals surface area contributed by atoms with Gasteiger partial charge in [-0.2, -0.15) is 0 Å². The van der Waals surface area contributed by atoms with Crippen molar-refractivity contribution in [2.75, 3.05) is 6.61 Å². The molecular formula is C14H15ClO4. The number of carbonyl (C=O) groups is 2. The summed E-state index contributed by atoms with van der Waals surface area (Å²) in [6.07, 6.45) is 1.98. The molecule has 0 N–H and O–H groups in total. The number of esters is 1. The predicted octanol–water partition coefficient (Wildman–Crippen LogP) is 2.94. The number of hydrogen-bond donors (Lipinski definition) is 0. The Morgan fingerprint density at radius 1 is 1.37 bits per heavy atom. The summed E-state index contributed by atoms with van der Waals surface area (Å²) in [7, 11) is 0. The summed E-state index contributed by atoms with van der Waals surface area (Å²) in [6, 6.07) is 3.31. The van der Waals surface area contributed by atoms with Crippen LogP contribution in [0.4, 0.5) is 0 Å². The Morgan fingerprint density at radius 3 is 2.63 bits per heavy atom. The van der Waals surface area contributed by atoms with Gasteiger partial charge in [-0.05, 0) is 44.4 Å². The summed E-state index contributed by atoms with van der Waals surface area (Å²) in [5.74, 6) is -1.32. The first-order chi connectivity index (χ1) is 9.02. The van der Waals surface area contributed by atoms with Crippen molar-refractivity contribution in [1.29, 1.82) is 0 Å². The third-order valence-electron chi connectivity index (χ3n) is 2.70. The maximum Gasteiger partial charge on any atom is 0.379 e. The SMILES string of the molecule is CCOC(=O)C(=O)c1cc(C)cc(Cl)c1OC1CC1. The predicted molar refractivity (Wildman–Crippen MR) is 70.8 cm³/mol. The van der Waals surface area contributed by atoms with Crippen molar-refractivity contribution in [3.05, 3.63) is 28.3 Å². The van der Waals surface area contributed by atoms with Crippen molar-refractivity contribution in [2.24, 2.45) is 0 Å². The van der Waals surface area contributed by atoms with Gasteiger partial charge in [0.1, 0.15) is 5.75 Å². The average Bonchev–Trinajstić information content (AvgIpc) is 3.15. The van der Waals surface area contributed by atoms with Gasteiger partial charge in [0.15, 0.2) is 0 Å². The Hall–Kier alpha value is -1.55. The number of Topliss-reactive ketones (excluding diaryl/α,β-unsaturated/α-hetero) is 1. The minimum atomic E-state index is -0.884. The molecular weight excluding hydrogens is 268 g/mol. The van der Waals surface area contributed by atoms with Crippen molar-refractivity contribution in [1.82, 2.24) is 0 Å². The molecule has 102 valence electrons. The van der Waals surface area contributed by atoms with Crippen molar-refractivity contribution in [3.63, 3.8) is 0 Å². The molecule has 0 heterocycles. The highest BCUT2D eigenvalue weighted by Gasteiger charge is 2.29. The van der Waals surface area contributed by atoms with E-state index in [4.69, 9.17) is 21.1 Å². The van der Waals surface area contributed by atoms with Gasteiger partial charge < -0.3 is 9.47 Å². The van der Waals surface area contributed by atoms with E-state index in [0.717, 1.165) is 18.4 Å². The molecule has 5 heteroatoms. The lowest BCUT2D eigenvalue weighted by Gasteiger charge is -2.12. The number of hydrogen-bond acceptors (Lipinski definition) is 4. The lowest BCUT2D eigenvalue weighted by atomic mass is 10.1. The largest absolute Gasteiger partial charge is 0.488 e. The Balaban J connectivity index is 2.35. The summed E-state index contributed by atoms with van der Waals surface area (Å²) in [6.45, 7) is 3.60. The van der Waals surface area contributed by atoms with Crippen molar-refractivity contribution in [2.45, 2.75) is 32.8 Å².